The van der Waals surface area contributed by atoms with Gasteiger partial charge in [-0.25, -0.2) is 23.3 Å². The summed E-state index contributed by atoms with van der Waals surface area (Å²) in [6.07, 6.45) is -1.42. The van der Waals surface area contributed by atoms with Gasteiger partial charge in [-0.05, 0) is 36.5 Å². The maximum atomic E-state index is 13.3. The molecule has 0 bridgehead atoms. The Balaban J connectivity index is 2.02. The molecule has 3 rings (SSSR count). The number of benzene rings is 1. The highest BCUT2D eigenvalue weighted by atomic mass is 19.2. The quantitative estimate of drug-likeness (QED) is 0.906. The van der Waals surface area contributed by atoms with Crippen LogP contribution in [-0.4, -0.2) is 28.3 Å². The summed E-state index contributed by atoms with van der Waals surface area (Å²) in [5.41, 5.74) is 0.217. The lowest BCUT2D eigenvalue weighted by Crippen LogP contribution is -2.34. The maximum Gasteiger partial charge on any atom is 0.420 e. The molecule has 1 aliphatic heterocycles. The van der Waals surface area contributed by atoms with E-state index in [4.69, 9.17) is 9.84 Å². The smallest absolute Gasteiger partial charge is 0.420 e. The molecule has 1 saturated carbocycles. The molecule has 0 radical (unpaired) electrons. The minimum absolute atomic E-state index is 0.0708. The third-order valence-corrected chi connectivity index (χ3v) is 3.60. The lowest BCUT2D eigenvalue weighted by Gasteiger charge is -2.21. The standard InChI is InChI=1S/C13H11F2NO4/c14-8-4-3-7(5-9(8)15)10-11(6-1-2-6)20-13(19)16(10)12(17)18/h3-6,10-11H,1-2H2,(H,17,18)/t10-,11-/m0/s1. The molecule has 0 spiro atoms. The van der Waals surface area contributed by atoms with E-state index in [0.717, 1.165) is 25.0 Å². The van der Waals surface area contributed by atoms with Crippen molar-refractivity contribution in [3.05, 3.63) is 35.4 Å². The lowest BCUT2D eigenvalue weighted by atomic mass is 9.98. The van der Waals surface area contributed by atoms with Crippen LogP contribution in [0.15, 0.2) is 18.2 Å². The number of rotatable bonds is 2. The van der Waals surface area contributed by atoms with Crippen LogP contribution in [-0.2, 0) is 4.74 Å². The van der Waals surface area contributed by atoms with Crippen LogP contribution in [0, 0.1) is 17.6 Å². The van der Waals surface area contributed by atoms with Crippen molar-refractivity contribution < 1.29 is 28.2 Å². The van der Waals surface area contributed by atoms with Gasteiger partial charge in [0.15, 0.2) is 11.6 Å². The van der Waals surface area contributed by atoms with E-state index >= 15 is 0 Å². The number of imide groups is 1. The van der Waals surface area contributed by atoms with Crippen molar-refractivity contribution in [2.24, 2.45) is 5.92 Å². The number of halogens is 2. The summed E-state index contributed by atoms with van der Waals surface area (Å²) in [5.74, 6) is -2.04. The van der Waals surface area contributed by atoms with Gasteiger partial charge >= 0.3 is 12.2 Å². The number of hydrogen-bond donors (Lipinski definition) is 1. The zero-order chi connectivity index (χ0) is 14.4. The Morgan fingerprint density at radius 1 is 1.30 bits per heavy atom. The summed E-state index contributed by atoms with van der Waals surface area (Å²) >= 11 is 0. The molecular weight excluding hydrogens is 272 g/mol. The predicted octanol–water partition coefficient (Wildman–Crippen LogP) is 2.91. The average molecular weight is 283 g/mol. The molecule has 0 aromatic heterocycles. The summed E-state index contributed by atoms with van der Waals surface area (Å²) in [6.45, 7) is 0. The normalized spacial score (nSPS) is 25.7. The van der Waals surface area contributed by atoms with Gasteiger partial charge in [0, 0.05) is 0 Å². The number of hydrogen-bond acceptors (Lipinski definition) is 3. The molecule has 1 saturated heterocycles. The topological polar surface area (TPSA) is 66.8 Å². The molecule has 1 aromatic carbocycles. The zero-order valence-corrected chi connectivity index (χ0v) is 10.3. The van der Waals surface area contributed by atoms with Gasteiger partial charge in [0.1, 0.15) is 12.1 Å². The highest BCUT2D eigenvalue weighted by Crippen LogP contribution is 2.46. The number of carbonyl (C=O) groups is 2. The molecule has 2 fully saturated rings. The van der Waals surface area contributed by atoms with E-state index in [1.807, 2.05) is 0 Å². The second-order valence-electron chi connectivity index (χ2n) is 4.96. The monoisotopic (exact) mass is 283 g/mol. The van der Waals surface area contributed by atoms with Crippen molar-refractivity contribution in [1.29, 1.82) is 0 Å². The van der Waals surface area contributed by atoms with Gasteiger partial charge in [0.25, 0.3) is 0 Å². The van der Waals surface area contributed by atoms with E-state index in [-0.39, 0.29) is 11.5 Å². The highest BCUT2D eigenvalue weighted by molar-refractivity contribution is 5.89. The molecule has 5 nitrogen and oxygen atoms in total. The highest BCUT2D eigenvalue weighted by Gasteiger charge is 2.52. The molecule has 1 N–H and O–H groups in total. The van der Waals surface area contributed by atoms with Gasteiger partial charge in [-0.3, -0.25) is 0 Å². The van der Waals surface area contributed by atoms with E-state index in [9.17, 15) is 18.4 Å². The fourth-order valence-electron chi connectivity index (χ4n) is 2.51. The number of nitrogens with zero attached hydrogens (tertiary/aromatic N) is 1. The summed E-state index contributed by atoms with van der Waals surface area (Å²) in [6, 6.07) is 2.17. The molecule has 106 valence electrons. The second-order valence-corrected chi connectivity index (χ2v) is 4.96. The van der Waals surface area contributed by atoms with Gasteiger partial charge in [-0.2, -0.15) is 0 Å². The molecule has 2 amide bonds. The van der Waals surface area contributed by atoms with Gasteiger partial charge in [0.2, 0.25) is 0 Å². The third kappa shape index (κ3) is 1.99. The van der Waals surface area contributed by atoms with Crippen molar-refractivity contribution in [3.63, 3.8) is 0 Å². The molecule has 0 unspecified atom stereocenters. The first-order chi connectivity index (χ1) is 9.49. The zero-order valence-electron chi connectivity index (χ0n) is 10.3. The van der Waals surface area contributed by atoms with Crippen LogP contribution in [0.25, 0.3) is 0 Å². The Hall–Kier alpha value is -2.18. The van der Waals surface area contributed by atoms with E-state index in [0.29, 0.717) is 4.90 Å². The first-order valence-corrected chi connectivity index (χ1v) is 6.16. The predicted molar refractivity (Wildman–Crippen MR) is 62.0 cm³/mol. The minimum atomic E-state index is -1.46. The molecule has 7 heteroatoms. The van der Waals surface area contributed by atoms with Crippen LogP contribution in [0.3, 0.4) is 0 Å². The number of amides is 2. The third-order valence-electron chi connectivity index (χ3n) is 3.60. The van der Waals surface area contributed by atoms with Crippen LogP contribution in [0.4, 0.5) is 18.4 Å². The first kappa shape index (κ1) is 12.8. The first-order valence-electron chi connectivity index (χ1n) is 6.16. The lowest BCUT2D eigenvalue weighted by molar-refractivity contribution is 0.117. The summed E-state index contributed by atoms with van der Waals surface area (Å²) in [4.78, 5) is 23.4. The van der Waals surface area contributed by atoms with Crippen molar-refractivity contribution in [2.75, 3.05) is 0 Å². The van der Waals surface area contributed by atoms with Crippen molar-refractivity contribution in [1.82, 2.24) is 4.90 Å². The Kier molecular flexibility index (Phi) is 2.84. The fraction of sp³-hybridized carbons (Fsp3) is 0.385. The number of carboxylic acid groups (broad SMARTS) is 1. The molecule has 1 aromatic rings. The SMILES string of the molecule is O=C(O)N1C(=O)O[C@@H](C2CC2)[C@@H]1c1ccc(F)c(F)c1. The van der Waals surface area contributed by atoms with E-state index < -0.39 is 36.0 Å². The van der Waals surface area contributed by atoms with Crippen LogP contribution >= 0.6 is 0 Å². The molecule has 1 aliphatic carbocycles. The van der Waals surface area contributed by atoms with Crippen molar-refractivity contribution in [3.8, 4) is 0 Å². The second kappa shape index (κ2) is 4.43. The average Bonchev–Trinajstić information content (AvgIpc) is 3.16. The number of ether oxygens (including phenoxy) is 1. The summed E-state index contributed by atoms with van der Waals surface area (Å²) in [5, 5.41) is 9.12. The molecule has 2 aliphatic rings. The fourth-order valence-corrected chi connectivity index (χ4v) is 2.51. The van der Waals surface area contributed by atoms with Crippen molar-refractivity contribution in [2.45, 2.75) is 25.0 Å². The Morgan fingerprint density at radius 2 is 2.00 bits per heavy atom. The van der Waals surface area contributed by atoms with Crippen LogP contribution in [0.5, 0.6) is 0 Å². The summed E-state index contributed by atoms with van der Waals surface area (Å²) in [7, 11) is 0. The van der Waals surface area contributed by atoms with Crippen LogP contribution < -0.4 is 0 Å². The van der Waals surface area contributed by atoms with Crippen LogP contribution in [0.1, 0.15) is 24.4 Å². The minimum Gasteiger partial charge on any atom is -0.465 e. The largest absolute Gasteiger partial charge is 0.465 e. The summed E-state index contributed by atoms with van der Waals surface area (Å²) < 4.78 is 31.4. The number of cyclic esters (lactones) is 1. The molecular formula is C13H11F2NO4. The van der Waals surface area contributed by atoms with Gasteiger partial charge in [-0.1, -0.05) is 6.07 Å². The van der Waals surface area contributed by atoms with E-state index in [1.165, 1.54) is 6.07 Å². The van der Waals surface area contributed by atoms with Crippen LogP contribution in [0.2, 0.25) is 0 Å². The van der Waals surface area contributed by atoms with Gasteiger partial charge < -0.3 is 9.84 Å². The van der Waals surface area contributed by atoms with Gasteiger partial charge in [-0.15, -0.1) is 0 Å². The Bertz CT molecular complexity index is 588. The molecule has 20 heavy (non-hydrogen) atoms. The van der Waals surface area contributed by atoms with E-state index in [1.54, 1.807) is 0 Å². The van der Waals surface area contributed by atoms with Gasteiger partial charge in [0.05, 0.1) is 0 Å². The van der Waals surface area contributed by atoms with Crippen molar-refractivity contribution >= 4 is 12.2 Å². The van der Waals surface area contributed by atoms with E-state index in [2.05, 4.69) is 0 Å². The molecule has 1 heterocycles. The molecule has 2 atom stereocenters. The Labute approximate surface area is 112 Å². The Morgan fingerprint density at radius 3 is 2.55 bits per heavy atom. The maximum absolute atomic E-state index is 13.3. The number of carbonyl (C=O) groups excluding carboxylic acids is 1.